The van der Waals surface area contributed by atoms with E-state index >= 15 is 0 Å². The Labute approximate surface area is 114 Å². The molecule has 0 atom stereocenters. The molecule has 0 bridgehead atoms. The highest BCUT2D eigenvalue weighted by molar-refractivity contribution is 9.10. The summed E-state index contributed by atoms with van der Waals surface area (Å²) in [4.78, 5) is 13.6. The Kier molecular flexibility index (Phi) is 3.13. The summed E-state index contributed by atoms with van der Waals surface area (Å²) in [5.41, 5.74) is 1.85. The van der Waals surface area contributed by atoms with Crippen molar-refractivity contribution >= 4 is 33.2 Å². The number of halogens is 1. The number of nitrogens with zero attached hydrogens (tertiary/aromatic N) is 1. The van der Waals surface area contributed by atoms with Gasteiger partial charge >= 0.3 is 0 Å². The molecule has 3 rings (SSSR count). The van der Waals surface area contributed by atoms with Crippen molar-refractivity contribution in [2.45, 2.75) is 0 Å². The van der Waals surface area contributed by atoms with E-state index < -0.39 is 0 Å². The van der Waals surface area contributed by atoms with Gasteiger partial charge in [-0.1, -0.05) is 0 Å². The van der Waals surface area contributed by atoms with E-state index in [1.54, 1.807) is 0 Å². The van der Waals surface area contributed by atoms with Crippen LogP contribution in [0.2, 0.25) is 0 Å². The van der Waals surface area contributed by atoms with E-state index in [9.17, 15) is 4.79 Å². The molecule has 1 fully saturated rings. The van der Waals surface area contributed by atoms with Gasteiger partial charge in [0, 0.05) is 31.9 Å². The number of fused-ring (bicyclic) bond motifs is 1. The molecule has 5 nitrogen and oxygen atoms in total. The molecule has 96 valence electrons. The van der Waals surface area contributed by atoms with Crippen LogP contribution in [0.3, 0.4) is 0 Å². The third-order valence-electron chi connectivity index (χ3n) is 3.13. The first kappa shape index (κ1) is 11.8. The van der Waals surface area contributed by atoms with Crippen LogP contribution >= 0.6 is 15.9 Å². The van der Waals surface area contributed by atoms with Crippen molar-refractivity contribution in [2.24, 2.45) is 0 Å². The maximum absolute atomic E-state index is 11.3. The number of nitrogens with one attached hydrogen (secondary N) is 2. The molecule has 1 aromatic carbocycles. The van der Waals surface area contributed by atoms with E-state index in [4.69, 9.17) is 4.74 Å². The summed E-state index contributed by atoms with van der Waals surface area (Å²) < 4.78 is 6.30. The molecule has 0 spiro atoms. The third kappa shape index (κ3) is 2.18. The second-order valence-electron chi connectivity index (χ2n) is 4.38. The van der Waals surface area contributed by atoms with Crippen molar-refractivity contribution in [3.63, 3.8) is 0 Å². The van der Waals surface area contributed by atoms with Gasteiger partial charge in [-0.05, 0) is 28.1 Å². The number of rotatable bonds is 1. The highest BCUT2D eigenvalue weighted by atomic mass is 79.9. The molecular formula is C12H14BrN3O2. The van der Waals surface area contributed by atoms with Crippen LogP contribution in [-0.4, -0.2) is 38.7 Å². The van der Waals surface area contributed by atoms with Crippen LogP contribution in [0.1, 0.15) is 0 Å². The zero-order valence-electron chi connectivity index (χ0n) is 9.83. The number of anilines is 2. The molecule has 0 aromatic heterocycles. The second kappa shape index (κ2) is 4.78. The minimum atomic E-state index is -0.105. The number of benzene rings is 1. The fourth-order valence-electron chi connectivity index (χ4n) is 2.25. The van der Waals surface area contributed by atoms with Crippen LogP contribution in [0.15, 0.2) is 16.6 Å². The first-order chi connectivity index (χ1) is 8.74. The van der Waals surface area contributed by atoms with Crippen molar-refractivity contribution in [1.29, 1.82) is 0 Å². The molecule has 1 amide bonds. The monoisotopic (exact) mass is 311 g/mol. The smallest absolute Gasteiger partial charge is 0.262 e. The molecule has 0 unspecified atom stereocenters. The highest BCUT2D eigenvalue weighted by Gasteiger charge is 2.21. The molecule has 1 aromatic rings. The predicted octanol–water partition coefficient (Wildman–Crippen LogP) is 1.19. The second-order valence-corrected chi connectivity index (χ2v) is 5.23. The van der Waals surface area contributed by atoms with Crippen molar-refractivity contribution < 1.29 is 9.53 Å². The molecule has 6 heteroatoms. The first-order valence-corrected chi connectivity index (χ1v) is 6.75. The number of amides is 1. The van der Waals surface area contributed by atoms with E-state index in [2.05, 4.69) is 31.5 Å². The lowest BCUT2D eigenvalue weighted by molar-refractivity contribution is -0.118. The lowest BCUT2D eigenvalue weighted by Crippen LogP contribution is -2.43. The fraction of sp³-hybridized carbons (Fsp3) is 0.417. The minimum Gasteiger partial charge on any atom is -0.480 e. The Balaban J connectivity index is 1.94. The van der Waals surface area contributed by atoms with Crippen molar-refractivity contribution in [3.05, 3.63) is 16.6 Å². The molecule has 0 saturated carbocycles. The molecule has 2 N–H and O–H groups in total. The molecule has 2 heterocycles. The van der Waals surface area contributed by atoms with Crippen LogP contribution in [0.5, 0.6) is 5.75 Å². The largest absolute Gasteiger partial charge is 0.480 e. The summed E-state index contributed by atoms with van der Waals surface area (Å²) in [7, 11) is 0. The van der Waals surface area contributed by atoms with Gasteiger partial charge in [0.15, 0.2) is 12.4 Å². The van der Waals surface area contributed by atoms with Crippen molar-refractivity contribution in [3.8, 4) is 5.75 Å². The number of piperazine rings is 1. The Morgan fingerprint density at radius 3 is 2.83 bits per heavy atom. The molecule has 1 saturated heterocycles. The van der Waals surface area contributed by atoms with E-state index in [1.165, 1.54) is 0 Å². The predicted molar refractivity (Wildman–Crippen MR) is 73.3 cm³/mol. The number of ether oxygens (including phenoxy) is 1. The van der Waals surface area contributed by atoms with Crippen LogP contribution in [0.25, 0.3) is 0 Å². The Morgan fingerprint density at radius 2 is 2.06 bits per heavy atom. The zero-order valence-corrected chi connectivity index (χ0v) is 11.4. The van der Waals surface area contributed by atoms with Crippen molar-refractivity contribution in [2.75, 3.05) is 43.0 Å². The molecule has 2 aliphatic rings. The van der Waals surface area contributed by atoms with Crippen molar-refractivity contribution in [1.82, 2.24) is 5.32 Å². The SMILES string of the molecule is O=C1COc2c(Br)cc(N3CCNCC3)cc2N1. The van der Waals surface area contributed by atoms with Gasteiger partial charge < -0.3 is 20.3 Å². The normalized spacial score (nSPS) is 18.9. The van der Waals surface area contributed by atoms with Gasteiger partial charge in [0.25, 0.3) is 5.91 Å². The highest BCUT2D eigenvalue weighted by Crippen LogP contribution is 2.39. The third-order valence-corrected chi connectivity index (χ3v) is 3.72. The van der Waals surface area contributed by atoms with Gasteiger partial charge in [-0.25, -0.2) is 0 Å². The van der Waals surface area contributed by atoms with Crippen LogP contribution < -0.4 is 20.3 Å². The van der Waals surface area contributed by atoms with Gasteiger partial charge in [-0.3, -0.25) is 4.79 Å². The average Bonchev–Trinajstić information content (AvgIpc) is 2.39. The number of carbonyl (C=O) groups excluding carboxylic acids is 1. The quantitative estimate of drug-likeness (QED) is 0.818. The molecular weight excluding hydrogens is 298 g/mol. The topological polar surface area (TPSA) is 53.6 Å². The minimum absolute atomic E-state index is 0.0819. The van der Waals surface area contributed by atoms with E-state index in [0.29, 0.717) is 5.75 Å². The molecule has 0 radical (unpaired) electrons. The summed E-state index contributed by atoms with van der Waals surface area (Å²) in [6.45, 7) is 3.99. The fourth-order valence-corrected chi connectivity index (χ4v) is 2.81. The van der Waals surface area contributed by atoms with Crippen LogP contribution in [0, 0.1) is 0 Å². The van der Waals surface area contributed by atoms with Gasteiger partial charge in [0.2, 0.25) is 0 Å². The van der Waals surface area contributed by atoms with Crippen LogP contribution in [0.4, 0.5) is 11.4 Å². The summed E-state index contributed by atoms with van der Waals surface area (Å²) >= 11 is 3.50. The van der Waals surface area contributed by atoms with E-state index in [1.807, 2.05) is 12.1 Å². The van der Waals surface area contributed by atoms with Gasteiger partial charge in [0.1, 0.15) is 0 Å². The summed E-state index contributed by atoms with van der Waals surface area (Å²) in [5.74, 6) is 0.611. The molecule has 0 aliphatic carbocycles. The molecule has 2 aliphatic heterocycles. The van der Waals surface area contributed by atoms with Gasteiger partial charge in [-0.15, -0.1) is 0 Å². The maximum atomic E-state index is 11.3. The Bertz CT molecular complexity index is 486. The van der Waals surface area contributed by atoms with E-state index in [-0.39, 0.29) is 12.5 Å². The summed E-state index contributed by atoms with van der Waals surface area (Å²) in [6, 6.07) is 4.02. The molecule has 18 heavy (non-hydrogen) atoms. The zero-order chi connectivity index (χ0) is 12.5. The number of hydrogen-bond donors (Lipinski definition) is 2. The lowest BCUT2D eigenvalue weighted by Gasteiger charge is -2.31. The van der Waals surface area contributed by atoms with Crippen LogP contribution in [-0.2, 0) is 4.79 Å². The number of carbonyl (C=O) groups is 1. The average molecular weight is 312 g/mol. The first-order valence-electron chi connectivity index (χ1n) is 5.96. The number of hydrogen-bond acceptors (Lipinski definition) is 4. The van der Waals surface area contributed by atoms with E-state index in [0.717, 1.165) is 42.0 Å². The summed E-state index contributed by atoms with van der Waals surface area (Å²) in [6.07, 6.45) is 0. The Hall–Kier alpha value is -1.27. The Morgan fingerprint density at radius 1 is 1.28 bits per heavy atom. The maximum Gasteiger partial charge on any atom is 0.262 e. The standard InChI is InChI=1S/C12H14BrN3O2/c13-9-5-8(16-3-1-14-2-4-16)6-10-12(9)18-7-11(17)15-10/h5-6,14H,1-4,7H2,(H,15,17). The van der Waals surface area contributed by atoms with Gasteiger partial charge in [0.05, 0.1) is 10.2 Å². The summed E-state index contributed by atoms with van der Waals surface area (Å²) in [5, 5.41) is 6.16. The lowest BCUT2D eigenvalue weighted by atomic mass is 10.2. The van der Waals surface area contributed by atoms with Gasteiger partial charge in [-0.2, -0.15) is 0 Å².